The second-order valence-electron chi connectivity index (χ2n) is 2.45. The molecule has 0 fully saturated rings. The van der Waals surface area contributed by atoms with Crippen molar-refractivity contribution < 1.29 is 9.53 Å². The van der Waals surface area contributed by atoms with Crippen LogP contribution in [0, 0.1) is 0 Å². The molecule has 0 aliphatic carbocycles. The van der Waals surface area contributed by atoms with Crippen molar-refractivity contribution in [1.29, 1.82) is 0 Å². The predicted octanol–water partition coefficient (Wildman–Crippen LogP) is 2.00. The summed E-state index contributed by atoms with van der Waals surface area (Å²) in [5.74, 6) is -0.312. The van der Waals surface area contributed by atoms with Crippen LogP contribution in [0.3, 0.4) is 0 Å². The Morgan fingerprint density at radius 3 is 2.50 bits per heavy atom. The van der Waals surface area contributed by atoms with Crippen LogP contribution in [-0.4, -0.2) is 18.2 Å². The molecule has 74 valence electrons. The van der Waals surface area contributed by atoms with Gasteiger partial charge in [-0.2, -0.15) is 0 Å². The molecule has 0 saturated carbocycles. The molecule has 1 aromatic carbocycles. The highest BCUT2D eigenvalue weighted by molar-refractivity contribution is 7.80. The fourth-order valence-corrected chi connectivity index (χ4v) is 1.04. The second kappa shape index (κ2) is 4.93. The van der Waals surface area contributed by atoms with Crippen molar-refractivity contribution in [2.24, 2.45) is 0 Å². The van der Waals surface area contributed by atoms with Crippen molar-refractivity contribution in [3.05, 3.63) is 34.9 Å². The van der Waals surface area contributed by atoms with E-state index >= 15 is 0 Å². The van der Waals surface area contributed by atoms with Crippen LogP contribution in [0.1, 0.15) is 10.4 Å². The summed E-state index contributed by atoms with van der Waals surface area (Å²) in [5, 5.41) is 3.02. The summed E-state index contributed by atoms with van der Waals surface area (Å²) >= 11 is 10.3. The van der Waals surface area contributed by atoms with E-state index in [1.54, 1.807) is 24.3 Å². The SMILES string of the molecule is COC(=S)NC(=O)c1ccc(Cl)cc1. The maximum Gasteiger partial charge on any atom is 0.263 e. The Bertz CT molecular complexity index is 350. The fraction of sp³-hybridized carbons (Fsp3) is 0.111. The van der Waals surface area contributed by atoms with E-state index in [9.17, 15) is 4.79 Å². The molecular formula is C9H8ClNO2S. The fourth-order valence-electron chi connectivity index (χ4n) is 0.817. The van der Waals surface area contributed by atoms with Crippen LogP contribution < -0.4 is 5.32 Å². The summed E-state index contributed by atoms with van der Waals surface area (Å²) in [7, 11) is 1.39. The van der Waals surface area contributed by atoms with Crippen LogP contribution in [0.15, 0.2) is 24.3 Å². The Morgan fingerprint density at radius 2 is 2.00 bits per heavy atom. The molecule has 14 heavy (non-hydrogen) atoms. The summed E-state index contributed by atoms with van der Waals surface area (Å²) in [6.45, 7) is 0. The zero-order valence-corrected chi connectivity index (χ0v) is 8.98. The van der Waals surface area contributed by atoms with Gasteiger partial charge in [-0.1, -0.05) is 11.6 Å². The highest BCUT2D eigenvalue weighted by Gasteiger charge is 2.06. The monoisotopic (exact) mass is 229 g/mol. The van der Waals surface area contributed by atoms with Gasteiger partial charge >= 0.3 is 0 Å². The van der Waals surface area contributed by atoms with E-state index in [0.717, 1.165) is 0 Å². The van der Waals surface area contributed by atoms with E-state index < -0.39 is 0 Å². The van der Waals surface area contributed by atoms with E-state index in [-0.39, 0.29) is 11.1 Å². The van der Waals surface area contributed by atoms with E-state index in [1.165, 1.54) is 7.11 Å². The molecule has 0 radical (unpaired) electrons. The molecule has 1 amide bonds. The number of halogens is 1. The van der Waals surface area contributed by atoms with Gasteiger partial charge in [0.25, 0.3) is 11.1 Å². The van der Waals surface area contributed by atoms with Crippen molar-refractivity contribution in [2.45, 2.75) is 0 Å². The van der Waals surface area contributed by atoms with Gasteiger partial charge in [0.2, 0.25) is 0 Å². The molecule has 0 unspecified atom stereocenters. The normalized spacial score (nSPS) is 9.29. The zero-order chi connectivity index (χ0) is 10.6. The first-order chi connectivity index (χ1) is 6.63. The Balaban J connectivity index is 2.70. The van der Waals surface area contributed by atoms with E-state index in [1.807, 2.05) is 0 Å². The Morgan fingerprint density at radius 1 is 1.43 bits per heavy atom. The molecule has 1 N–H and O–H groups in total. The Labute approximate surface area is 92.0 Å². The summed E-state index contributed by atoms with van der Waals surface area (Å²) in [5.41, 5.74) is 0.480. The number of methoxy groups -OCH3 is 1. The maximum atomic E-state index is 11.4. The summed E-state index contributed by atoms with van der Waals surface area (Å²) < 4.78 is 4.64. The second-order valence-corrected chi connectivity index (χ2v) is 3.26. The third-order valence-electron chi connectivity index (χ3n) is 1.51. The van der Waals surface area contributed by atoms with Crippen LogP contribution in [0.25, 0.3) is 0 Å². The first-order valence-corrected chi connectivity index (χ1v) is 4.57. The average molecular weight is 230 g/mol. The van der Waals surface area contributed by atoms with E-state index in [0.29, 0.717) is 10.6 Å². The number of rotatable bonds is 1. The van der Waals surface area contributed by atoms with Gasteiger partial charge in [-0.25, -0.2) is 0 Å². The smallest absolute Gasteiger partial charge is 0.263 e. The van der Waals surface area contributed by atoms with Crippen molar-refractivity contribution in [2.75, 3.05) is 7.11 Å². The minimum Gasteiger partial charge on any atom is -0.474 e. The zero-order valence-electron chi connectivity index (χ0n) is 7.41. The van der Waals surface area contributed by atoms with Crippen molar-refractivity contribution >= 4 is 34.9 Å². The highest BCUT2D eigenvalue weighted by Crippen LogP contribution is 2.09. The molecule has 0 atom stereocenters. The lowest BCUT2D eigenvalue weighted by atomic mass is 10.2. The van der Waals surface area contributed by atoms with Gasteiger partial charge in [0, 0.05) is 10.6 Å². The van der Waals surface area contributed by atoms with E-state index in [4.69, 9.17) is 11.6 Å². The minimum absolute atomic E-state index is 0.0463. The number of thiocarbonyl (C=S) groups is 1. The Kier molecular flexibility index (Phi) is 3.85. The van der Waals surface area contributed by atoms with Gasteiger partial charge in [0.1, 0.15) is 0 Å². The van der Waals surface area contributed by atoms with Crippen LogP contribution in [0.4, 0.5) is 0 Å². The molecule has 3 nitrogen and oxygen atoms in total. The van der Waals surface area contributed by atoms with E-state index in [2.05, 4.69) is 22.3 Å². The summed E-state index contributed by atoms with van der Waals surface area (Å²) in [4.78, 5) is 11.4. The number of ether oxygens (including phenoxy) is 1. The largest absolute Gasteiger partial charge is 0.474 e. The quantitative estimate of drug-likeness (QED) is 0.749. The third kappa shape index (κ3) is 2.97. The number of nitrogens with one attached hydrogen (secondary N) is 1. The van der Waals surface area contributed by atoms with Gasteiger partial charge in [-0.05, 0) is 36.5 Å². The topological polar surface area (TPSA) is 38.3 Å². The Hall–Kier alpha value is -1.13. The lowest BCUT2D eigenvalue weighted by molar-refractivity contribution is 0.0970. The molecule has 0 heterocycles. The molecule has 0 aromatic heterocycles. The molecule has 0 aliphatic rings. The highest BCUT2D eigenvalue weighted by atomic mass is 35.5. The lowest BCUT2D eigenvalue weighted by Gasteiger charge is -2.04. The summed E-state index contributed by atoms with van der Waals surface area (Å²) in [6.07, 6.45) is 0. The number of amides is 1. The van der Waals surface area contributed by atoms with Crippen LogP contribution in [0.2, 0.25) is 5.02 Å². The molecule has 0 aliphatic heterocycles. The van der Waals surface area contributed by atoms with Crippen LogP contribution >= 0.6 is 23.8 Å². The molecule has 1 rings (SSSR count). The summed E-state index contributed by atoms with van der Waals surface area (Å²) in [6, 6.07) is 6.48. The van der Waals surface area contributed by atoms with Crippen molar-refractivity contribution in [3.8, 4) is 0 Å². The maximum absolute atomic E-state index is 11.4. The average Bonchev–Trinajstić information content (AvgIpc) is 2.18. The van der Waals surface area contributed by atoms with Gasteiger partial charge in [0.15, 0.2) is 0 Å². The standard InChI is InChI=1S/C9H8ClNO2S/c1-13-9(14)11-8(12)6-2-4-7(10)5-3-6/h2-5H,1H3,(H,11,12,14). The van der Waals surface area contributed by atoms with Crippen molar-refractivity contribution in [3.63, 3.8) is 0 Å². The molecule has 1 aromatic rings. The molecule has 0 spiro atoms. The van der Waals surface area contributed by atoms with Crippen molar-refractivity contribution in [1.82, 2.24) is 5.32 Å². The molecule has 5 heteroatoms. The molecule has 0 saturated heterocycles. The number of carbonyl (C=O) groups excluding carboxylic acids is 1. The number of hydrogen-bond donors (Lipinski definition) is 1. The third-order valence-corrected chi connectivity index (χ3v) is 2.03. The first-order valence-electron chi connectivity index (χ1n) is 3.78. The lowest BCUT2D eigenvalue weighted by Crippen LogP contribution is -2.29. The van der Waals surface area contributed by atoms with Crippen LogP contribution in [0.5, 0.6) is 0 Å². The number of carbonyl (C=O) groups is 1. The van der Waals surface area contributed by atoms with Crippen LogP contribution in [-0.2, 0) is 4.74 Å². The first kappa shape index (κ1) is 10.9. The van der Waals surface area contributed by atoms with Gasteiger partial charge in [-0.3, -0.25) is 10.1 Å². The number of benzene rings is 1. The van der Waals surface area contributed by atoms with Gasteiger partial charge < -0.3 is 4.74 Å². The number of hydrogen-bond acceptors (Lipinski definition) is 3. The minimum atomic E-state index is -0.312. The van der Waals surface area contributed by atoms with Gasteiger partial charge in [-0.15, -0.1) is 0 Å². The molecular weight excluding hydrogens is 222 g/mol. The molecule has 0 bridgehead atoms. The predicted molar refractivity (Wildman–Crippen MR) is 58.5 cm³/mol. The van der Waals surface area contributed by atoms with Gasteiger partial charge in [0.05, 0.1) is 7.11 Å².